The third-order valence-corrected chi connectivity index (χ3v) is 20.3. The Bertz CT molecular complexity index is 1800. The molecule has 3 saturated carbocycles. The molecule has 0 radical (unpaired) electrons. The minimum atomic E-state index is -2.08. The molecule has 2 aliphatic heterocycles. The molecule has 10 atom stereocenters. The van der Waals surface area contributed by atoms with Crippen LogP contribution in [0.1, 0.15) is 100 Å². The van der Waals surface area contributed by atoms with E-state index in [0.29, 0.717) is 29.9 Å². The lowest BCUT2D eigenvalue weighted by Gasteiger charge is -2.71. The number of aliphatic hydroxyl groups excluding tert-OH is 1. The van der Waals surface area contributed by atoms with Crippen molar-refractivity contribution in [1.82, 2.24) is 13.9 Å². The van der Waals surface area contributed by atoms with E-state index in [1.54, 1.807) is 0 Å². The fourth-order valence-corrected chi connectivity index (χ4v) is 13.3. The number of aromatic nitrogens is 3. The predicted molar refractivity (Wildman–Crippen MR) is 204 cm³/mol. The van der Waals surface area contributed by atoms with Crippen LogP contribution in [0.4, 0.5) is 0 Å². The minimum absolute atomic E-state index is 0.00263. The Labute approximate surface area is 300 Å². The van der Waals surface area contributed by atoms with Crippen molar-refractivity contribution in [1.29, 1.82) is 0 Å². The maximum absolute atomic E-state index is 15.1. The first-order valence-electron chi connectivity index (χ1n) is 19.6. The van der Waals surface area contributed by atoms with Gasteiger partial charge in [0.05, 0.1) is 16.8 Å². The second kappa shape index (κ2) is 11.8. The molecule has 274 valence electrons. The minimum Gasteiger partial charge on any atom is -0.414 e. The molecule has 0 amide bonds. The molecular weight excluding hydrogens is 639 g/mol. The molecule has 1 aromatic heterocycles. The Morgan fingerprint density at radius 3 is 2.24 bits per heavy atom. The average Bonchev–Trinajstić information content (AvgIpc) is 3.55. The lowest BCUT2D eigenvalue weighted by Crippen LogP contribution is -2.76. The van der Waals surface area contributed by atoms with Crippen molar-refractivity contribution >= 4 is 8.32 Å². The number of nitrogens with zero attached hydrogens (tertiary/aromatic N) is 3. The first-order valence-corrected chi connectivity index (χ1v) is 22.5. The van der Waals surface area contributed by atoms with Crippen LogP contribution < -0.4 is 11.4 Å². The Morgan fingerprint density at radius 2 is 1.60 bits per heavy atom. The van der Waals surface area contributed by atoms with E-state index >= 15 is 9.59 Å². The fraction of sp³-hybridized carbons (Fsp3) is 0.714. The summed E-state index contributed by atoms with van der Waals surface area (Å²) in [7, 11) is -2.08. The molecular formula is C42H63N3O4Si. The SMILES string of the molecule is CC(C)C(/C=C/[C@@H](C)[C@H]1CC[C@@H]2[C@]1(C)CC[C@H]1[C@]23C=C[C@]2(C[C@@H](O[Si](C)(C)C(C)(C)C)CC[C@]12C)n1c(=O)n(-c2ccccc2)c(=O)n13)CO. The van der Waals surface area contributed by atoms with Crippen LogP contribution in [0, 0.1) is 46.3 Å². The molecule has 6 aliphatic rings. The first kappa shape index (κ1) is 36.0. The summed E-state index contributed by atoms with van der Waals surface area (Å²) in [6.45, 7) is 23.4. The molecule has 0 saturated heterocycles. The number of allylic oxidation sites excluding steroid dienone is 3. The summed E-state index contributed by atoms with van der Waals surface area (Å²) in [6.07, 6.45) is 16.5. The topological polar surface area (TPSA) is 78.4 Å². The number of benzene rings is 1. The maximum Gasteiger partial charge on any atom is 0.352 e. The van der Waals surface area contributed by atoms with Crippen LogP contribution in [0.2, 0.25) is 18.1 Å². The van der Waals surface area contributed by atoms with Crippen molar-refractivity contribution in [3.05, 3.63) is 75.6 Å². The molecule has 3 fully saturated rings. The Morgan fingerprint density at radius 1 is 0.920 bits per heavy atom. The molecule has 1 aromatic carbocycles. The van der Waals surface area contributed by atoms with Gasteiger partial charge in [0.25, 0.3) is 0 Å². The lowest BCUT2D eigenvalue weighted by molar-refractivity contribution is -0.198. The molecule has 2 spiro atoms. The van der Waals surface area contributed by atoms with Crippen molar-refractivity contribution in [2.24, 2.45) is 46.3 Å². The standard InChI is InChI=1S/C42H63N3O4Si/c1-28(2)30(27-46)17-16-29(3)33-18-19-34-39(33,7)22-21-35-40(8)23-20-32(49-50(9,10)38(4,5)6)26-41(40)24-25-42(34,35)45-37(48)43(36(47)44(41)45)31-14-12-11-13-15-31/h11-17,24-25,28-30,32-35,46H,18-23,26-27H2,1-10H3/b17-16+/t29-,30?,32+,33-,34-,35-,39-,40-,41-,42+/m1/s1. The van der Waals surface area contributed by atoms with Crippen LogP contribution >= 0.6 is 0 Å². The van der Waals surface area contributed by atoms with E-state index in [1.807, 2.05) is 39.7 Å². The van der Waals surface area contributed by atoms with Gasteiger partial charge in [0.15, 0.2) is 8.32 Å². The third-order valence-electron chi connectivity index (χ3n) is 15.7. The molecule has 1 N–H and O–H groups in total. The van der Waals surface area contributed by atoms with Crippen LogP contribution in [-0.2, 0) is 15.5 Å². The first-order chi connectivity index (χ1) is 23.4. The quantitative estimate of drug-likeness (QED) is 0.222. The van der Waals surface area contributed by atoms with E-state index in [-0.39, 0.29) is 57.7 Å². The van der Waals surface area contributed by atoms with Crippen LogP contribution in [0.5, 0.6) is 0 Å². The smallest absolute Gasteiger partial charge is 0.352 e. The van der Waals surface area contributed by atoms with Gasteiger partial charge in [0.1, 0.15) is 0 Å². The zero-order valence-corrected chi connectivity index (χ0v) is 33.4. The van der Waals surface area contributed by atoms with E-state index in [9.17, 15) is 5.11 Å². The summed E-state index contributed by atoms with van der Waals surface area (Å²) in [5.41, 5.74) is -1.18. The second-order valence-corrected chi connectivity index (χ2v) is 24.1. The van der Waals surface area contributed by atoms with E-state index in [2.05, 4.69) is 92.8 Å². The zero-order valence-electron chi connectivity index (χ0n) is 32.4. The summed E-state index contributed by atoms with van der Waals surface area (Å²) in [4.78, 5) is 30.1. The highest BCUT2D eigenvalue weighted by Gasteiger charge is 2.75. The van der Waals surface area contributed by atoms with Crippen molar-refractivity contribution in [3.63, 3.8) is 0 Å². The molecule has 8 rings (SSSR count). The van der Waals surface area contributed by atoms with Gasteiger partial charge in [-0.1, -0.05) is 97.9 Å². The molecule has 50 heavy (non-hydrogen) atoms. The van der Waals surface area contributed by atoms with Crippen LogP contribution in [-0.4, -0.2) is 40.1 Å². The zero-order chi connectivity index (χ0) is 36.2. The number of para-hydroxylation sites is 1. The van der Waals surface area contributed by atoms with E-state index in [1.165, 1.54) is 4.57 Å². The van der Waals surface area contributed by atoms with Gasteiger partial charge in [-0.3, -0.25) is 0 Å². The normalized spacial score (nSPS) is 37.4. The molecule has 2 aromatic rings. The summed E-state index contributed by atoms with van der Waals surface area (Å²) in [5, 5.41) is 10.1. The third kappa shape index (κ3) is 4.72. The van der Waals surface area contributed by atoms with Gasteiger partial charge < -0.3 is 9.53 Å². The molecule has 3 heterocycles. The van der Waals surface area contributed by atoms with E-state index < -0.39 is 19.4 Å². The van der Waals surface area contributed by atoms with Crippen LogP contribution in [0.3, 0.4) is 0 Å². The summed E-state index contributed by atoms with van der Waals surface area (Å²) < 4.78 is 12.6. The number of fused-ring (bicyclic) bond motifs is 1. The molecule has 2 bridgehead atoms. The average molecular weight is 702 g/mol. The summed E-state index contributed by atoms with van der Waals surface area (Å²) >= 11 is 0. The van der Waals surface area contributed by atoms with Gasteiger partial charge in [-0.05, 0) is 104 Å². The number of aliphatic hydroxyl groups is 1. The highest BCUT2D eigenvalue weighted by atomic mass is 28.4. The summed E-state index contributed by atoms with van der Waals surface area (Å²) in [5.74, 6) is 1.84. The molecule has 8 heteroatoms. The molecule has 7 nitrogen and oxygen atoms in total. The summed E-state index contributed by atoms with van der Waals surface area (Å²) in [6, 6.07) is 9.55. The fourth-order valence-electron chi connectivity index (χ4n) is 11.9. The van der Waals surface area contributed by atoms with Crippen LogP contribution in [0.15, 0.2) is 64.2 Å². The van der Waals surface area contributed by atoms with E-state index in [4.69, 9.17) is 4.43 Å². The van der Waals surface area contributed by atoms with Crippen molar-refractivity contribution < 1.29 is 9.53 Å². The van der Waals surface area contributed by atoms with E-state index in [0.717, 1.165) is 38.5 Å². The predicted octanol–water partition coefficient (Wildman–Crippen LogP) is 8.25. The maximum atomic E-state index is 15.1. The lowest BCUT2D eigenvalue weighted by atomic mass is 9.40. The van der Waals surface area contributed by atoms with Gasteiger partial charge >= 0.3 is 11.4 Å². The van der Waals surface area contributed by atoms with Crippen molar-refractivity contribution in [2.45, 2.75) is 136 Å². The Balaban J connectivity index is 1.39. The van der Waals surface area contributed by atoms with Gasteiger partial charge in [-0.15, -0.1) is 0 Å². The van der Waals surface area contributed by atoms with Gasteiger partial charge in [-0.2, -0.15) is 0 Å². The van der Waals surface area contributed by atoms with Crippen molar-refractivity contribution in [3.8, 4) is 5.69 Å². The number of rotatable bonds is 8. The Hall–Kier alpha value is -2.42. The number of hydrogen-bond donors (Lipinski definition) is 1. The van der Waals surface area contributed by atoms with Crippen LogP contribution in [0.25, 0.3) is 5.69 Å². The number of hydrogen-bond acceptors (Lipinski definition) is 4. The van der Waals surface area contributed by atoms with Gasteiger partial charge in [0.2, 0.25) is 0 Å². The highest BCUT2D eigenvalue weighted by molar-refractivity contribution is 6.74. The molecule has 1 unspecified atom stereocenters. The van der Waals surface area contributed by atoms with Crippen molar-refractivity contribution in [2.75, 3.05) is 6.61 Å². The second-order valence-electron chi connectivity index (χ2n) is 19.3. The largest absolute Gasteiger partial charge is 0.414 e. The Kier molecular flexibility index (Phi) is 8.48. The highest BCUT2D eigenvalue weighted by Crippen LogP contribution is 2.74. The molecule has 4 aliphatic carbocycles. The monoisotopic (exact) mass is 701 g/mol. The van der Waals surface area contributed by atoms with Gasteiger partial charge in [0, 0.05) is 30.5 Å². The van der Waals surface area contributed by atoms with Gasteiger partial charge in [-0.25, -0.2) is 23.5 Å².